The van der Waals surface area contributed by atoms with Crippen LogP contribution in [0.1, 0.15) is 104 Å². The minimum atomic E-state index is -1.70. The van der Waals surface area contributed by atoms with Crippen molar-refractivity contribution < 1.29 is 52.7 Å². The number of carbonyl (C=O) groups is 11. The van der Waals surface area contributed by atoms with Crippen LogP contribution in [-0.4, -0.2) is 137 Å². The molecule has 0 radical (unpaired) electrons. The van der Waals surface area contributed by atoms with Crippen LogP contribution in [0.5, 0.6) is 0 Å². The van der Waals surface area contributed by atoms with Crippen molar-refractivity contribution in [2.45, 2.75) is 148 Å². The molecule has 69 heavy (non-hydrogen) atoms. The molecule has 0 unspecified atom stereocenters. The summed E-state index contributed by atoms with van der Waals surface area (Å²) < 4.78 is 0. The molecule has 382 valence electrons. The van der Waals surface area contributed by atoms with Crippen molar-refractivity contribution in [1.29, 1.82) is 0 Å². The molecule has 1 aromatic rings. The van der Waals surface area contributed by atoms with Crippen LogP contribution in [0, 0.1) is 11.8 Å². The van der Waals surface area contributed by atoms with E-state index < -0.39 is 133 Å². The van der Waals surface area contributed by atoms with Crippen LogP contribution >= 0.6 is 11.8 Å². The molecule has 0 aromatic heterocycles. The smallest absolute Gasteiger partial charge is 0.245 e. The summed E-state index contributed by atoms with van der Waals surface area (Å²) in [5, 5.41) is 18.3. The Morgan fingerprint density at radius 3 is 2.00 bits per heavy atom. The summed E-state index contributed by atoms with van der Waals surface area (Å²) in [5.74, 6) is -8.76. The van der Waals surface area contributed by atoms with E-state index in [0.29, 0.717) is 12.8 Å². The molecule has 2 fully saturated rings. The first-order valence-electron chi connectivity index (χ1n) is 23.5. The number of rotatable bonds is 18. The first kappa shape index (κ1) is 57.1. The molecular formula is C46H71N11O11S. The van der Waals surface area contributed by atoms with E-state index in [0.717, 1.165) is 17.5 Å². The van der Waals surface area contributed by atoms with Gasteiger partial charge in [0.2, 0.25) is 65.0 Å². The summed E-state index contributed by atoms with van der Waals surface area (Å²) in [6.07, 6.45) is 0.423. The Morgan fingerprint density at radius 1 is 0.754 bits per heavy atom. The Hall–Kier alpha value is -6.26. The number of hydrogen-bond donors (Lipinski definition) is 10. The predicted molar refractivity (Wildman–Crippen MR) is 256 cm³/mol. The summed E-state index contributed by atoms with van der Waals surface area (Å²) in [4.78, 5) is 148. The lowest BCUT2D eigenvalue weighted by Crippen LogP contribution is -2.61. The summed E-state index contributed by atoms with van der Waals surface area (Å²) >= 11 is 1.27. The van der Waals surface area contributed by atoms with E-state index in [1.807, 2.05) is 45.0 Å². The zero-order valence-corrected chi connectivity index (χ0v) is 41.0. The van der Waals surface area contributed by atoms with Gasteiger partial charge in [0.15, 0.2) is 0 Å². The van der Waals surface area contributed by atoms with Gasteiger partial charge in [-0.05, 0) is 67.2 Å². The average Bonchev–Trinajstić information content (AvgIpc) is 3.79. The maximum Gasteiger partial charge on any atom is 0.245 e. The Kier molecular flexibility index (Phi) is 23.4. The predicted octanol–water partition coefficient (Wildman–Crippen LogP) is -1.95. The maximum absolute atomic E-state index is 14.5. The highest BCUT2D eigenvalue weighted by molar-refractivity contribution is 7.99. The van der Waals surface area contributed by atoms with E-state index in [-0.39, 0.29) is 62.5 Å². The van der Waals surface area contributed by atoms with Gasteiger partial charge >= 0.3 is 0 Å². The van der Waals surface area contributed by atoms with Crippen molar-refractivity contribution in [2.75, 3.05) is 24.6 Å². The second-order valence-electron chi connectivity index (χ2n) is 17.9. The summed E-state index contributed by atoms with van der Waals surface area (Å²) in [6.45, 7) is 8.80. The number of nitrogens with zero attached hydrogens (tertiary/aromatic N) is 1. The third-order valence-electron chi connectivity index (χ3n) is 11.9. The van der Waals surface area contributed by atoms with Gasteiger partial charge in [-0.3, -0.25) is 52.7 Å². The zero-order chi connectivity index (χ0) is 51.4. The fourth-order valence-corrected chi connectivity index (χ4v) is 8.78. The van der Waals surface area contributed by atoms with Crippen LogP contribution in [0.15, 0.2) is 24.3 Å². The van der Waals surface area contributed by atoms with Crippen LogP contribution in [0.3, 0.4) is 0 Å². The first-order valence-corrected chi connectivity index (χ1v) is 24.7. The van der Waals surface area contributed by atoms with Gasteiger partial charge in [0.05, 0.1) is 13.0 Å². The summed E-state index contributed by atoms with van der Waals surface area (Å²) in [7, 11) is 0. The molecule has 0 saturated carbocycles. The standard InChI is InChI=1S/C46H71N11O11S/c1-6-26(5)39-45(67)52-29(14-15-35(47)58)41(63)54-33(23-36(48)59)42(64)53-30(16-19-69-20-17-38(61)51-32(43(65)56-39)22-28-12-10-27(7-2)11-13-28)46(68)57-18-8-9-34(57)44(66)55-31(21-25(3)4)40(62)50-24-37(49)60/h10-13,25-26,29-34,39H,6-9,14-24H2,1-5H3,(H2,47,58)(H2,48,59)(H2,49,60)(H,50,62)(H,51,61)(H,52,67)(H,53,64)(H,54,63)(H,55,66)(H,56,65)/t26-,29-,30-,31-,32-,33-,34-,39+/m0/s1. The Bertz CT molecular complexity index is 2020. The van der Waals surface area contributed by atoms with Crippen molar-refractivity contribution in [3.63, 3.8) is 0 Å². The van der Waals surface area contributed by atoms with E-state index in [1.54, 1.807) is 13.8 Å². The molecule has 1 aromatic carbocycles. The van der Waals surface area contributed by atoms with Crippen LogP contribution < -0.4 is 54.4 Å². The van der Waals surface area contributed by atoms with E-state index in [9.17, 15) is 52.7 Å². The third kappa shape index (κ3) is 19.0. The lowest BCUT2D eigenvalue weighted by Gasteiger charge is -2.31. The highest BCUT2D eigenvalue weighted by Crippen LogP contribution is 2.22. The second kappa shape index (κ2) is 28.3. The van der Waals surface area contributed by atoms with Gasteiger partial charge in [0, 0.05) is 31.6 Å². The molecule has 3 rings (SSSR count). The first-order chi connectivity index (χ1) is 32.6. The molecule has 2 heterocycles. The quantitative estimate of drug-likeness (QED) is 0.0768. The van der Waals surface area contributed by atoms with E-state index in [4.69, 9.17) is 17.2 Å². The van der Waals surface area contributed by atoms with Gasteiger partial charge < -0.3 is 59.3 Å². The number of benzene rings is 1. The largest absolute Gasteiger partial charge is 0.370 e. The van der Waals surface area contributed by atoms with Crippen molar-refractivity contribution in [1.82, 2.24) is 42.1 Å². The number of hydrogen-bond acceptors (Lipinski definition) is 12. The fraction of sp³-hybridized carbons (Fsp3) is 0.630. The Balaban J connectivity index is 2.02. The molecule has 0 bridgehead atoms. The molecule has 2 aliphatic heterocycles. The third-order valence-corrected chi connectivity index (χ3v) is 12.9. The normalized spacial score (nSPS) is 23.2. The van der Waals surface area contributed by atoms with Crippen molar-refractivity contribution in [3.05, 3.63) is 35.4 Å². The number of nitrogens with two attached hydrogens (primary N) is 3. The Labute approximate surface area is 407 Å². The highest BCUT2D eigenvalue weighted by Gasteiger charge is 2.40. The van der Waals surface area contributed by atoms with Crippen molar-refractivity contribution in [2.24, 2.45) is 29.0 Å². The molecular weight excluding hydrogens is 915 g/mol. The SMILES string of the molecule is CCc1ccc(C[C@@H]2NC(=O)CCSCC[C@@H](C(=O)N3CCC[C@H]3C(=O)N[C@@H](CC(C)C)C(=O)NCC(N)=O)NC(=O)[C@H](CC(N)=O)NC(=O)[C@H](CCC(N)=O)NC(=O)[C@@H]([C@@H](C)CC)NC2=O)cc1. The topological polar surface area (TPSA) is 353 Å². The molecule has 2 aliphatic rings. The molecule has 11 amide bonds. The molecule has 2 saturated heterocycles. The van der Waals surface area contributed by atoms with Gasteiger partial charge in [-0.2, -0.15) is 11.8 Å². The molecule has 23 heteroatoms. The lowest BCUT2D eigenvalue weighted by atomic mass is 9.96. The lowest BCUT2D eigenvalue weighted by molar-refractivity contribution is -0.142. The number of likely N-dealkylation sites (tertiary alicyclic amines) is 1. The van der Waals surface area contributed by atoms with E-state index in [2.05, 4.69) is 37.2 Å². The van der Waals surface area contributed by atoms with Gasteiger partial charge in [-0.25, -0.2) is 0 Å². The van der Waals surface area contributed by atoms with E-state index >= 15 is 0 Å². The zero-order valence-electron chi connectivity index (χ0n) is 40.2. The number of nitrogens with one attached hydrogen (secondary N) is 7. The minimum Gasteiger partial charge on any atom is -0.370 e. The maximum atomic E-state index is 14.5. The van der Waals surface area contributed by atoms with Gasteiger partial charge in [0.1, 0.15) is 42.3 Å². The summed E-state index contributed by atoms with van der Waals surface area (Å²) in [5.41, 5.74) is 18.0. The van der Waals surface area contributed by atoms with Crippen LogP contribution in [0.25, 0.3) is 0 Å². The fourth-order valence-electron chi connectivity index (χ4n) is 7.85. The number of carbonyl (C=O) groups excluding carboxylic acids is 11. The second-order valence-corrected chi connectivity index (χ2v) is 19.2. The number of primary amides is 3. The van der Waals surface area contributed by atoms with Crippen LogP contribution in [-0.2, 0) is 65.6 Å². The summed E-state index contributed by atoms with van der Waals surface area (Å²) in [6, 6.07) is -1.59. The van der Waals surface area contributed by atoms with Crippen molar-refractivity contribution >= 4 is 76.7 Å². The van der Waals surface area contributed by atoms with Crippen LogP contribution in [0.2, 0.25) is 0 Å². The molecule has 8 atom stereocenters. The van der Waals surface area contributed by atoms with E-state index in [1.165, 1.54) is 16.7 Å². The molecule has 22 nitrogen and oxygen atoms in total. The van der Waals surface area contributed by atoms with Crippen molar-refractivity contribution in [3.8, 4) is 0 Å². The number of aryl methyl sites for hydroxylation is 1. The van der Waals surface area contributed by atoms with Gasteiger partial charge in [-0.15, -0.1) is 0 Å². The average molecular weight is 986 g/mol. The molecule has 0 aliphatic carbocycles. The molecule has 13 N–H and O–H groups in total. The number of thioether (sulfide) groups is 1. The molecule has 0 spiro atoms. The minimum absolute atomic E-state index is 0.0580. The highest BCUT2D eigenvalue weighted by atomic mass is 32.2. The van der Waals surface area contributed by atoms with Gasteiger partial charge in [0.25, 0.3) is 0 Å². The van der Waals surface area contributed by atoms with Gasteiger partial charge in [-0.1, -0.05) is 65.3 Å². The Morgan fingerprint density at radius 2 is 1.39 bits per heavy atom. The number of amides is 11. The monoisotopic (exact) mass is 986 g/mol. The van der Waals surface area contributed by atoms with Crippen LogP contribution in [0.4, 0.5) is 0 Å².